The molecule has 4 aromatic rings. The minimum atomic E-state index is -0.420. The largest absolute Gasteiger partial charge is 0.465 e. The molecule has 0 bridgehead atoms. The highest BCUT2D eigenvalue weighted by atomic mass is 127. The van der Waals surface area contributed by atoms with Crippen molar-refractivity contribution in [2.75, 3.05) is 7.11 Å². The van der Waals surface area contributed by atoms with Crippen molar-refractivity contribution in [3.63, 3.8) is 0 Å². The number of pyridine rings is 1. The average molecular weight is 534 g/mol. The molecule has 0 aliphatic carbocycles. The minimum Gasteiger partial charge on any atom is -0.465 e. The van der Waals surface area contributed by atoms with E-state index in [1.807, 2.05) is 34.0 Å². The molecule has 0 spiro atoms. The molecule has 0 amide bonds. The number of ether oxygens (including phenoxy) is 1. The van der Waals surface area contributed by atoms with Crippen LogP contribution in [-0.2, 0) is 18.3 Å². The van der Waals surface area contributed by atoms with Crippen LogP contribution in [0.25, 0.3) is 33.1 Å². The number of methoxy groups -OCH3 is 1. The van der Waals surface area contributed by atoms with Gasteiger partial charge in [0.2, 0.25) is 0 Å². The average Bonchev–Trinajstić information content (AvgIpc) is 3.36. The minimum absolute atomic E-state index is 0.0637. The van der Waals surface area contributed by atoms with E-state index in [4.69, 9.17) is 4.74 Å². The summed E-state index contributed by atoms with van der Waals surface area (Å²) in [7, 11) is 4.68. The third-order valence-corrected chi connectivity index (χ3v) is 6.81. The fourth-order valence-electron chi connectivity index (χ4n) is 3.60. The Morgan fingerprint density at radius 3 is 2.87 bits per heavy atom. The van der Waals surface area contributed by atoms with Gasteiger partial charge in [-0.3, -0.25) is 8.77 Å². The van der Waals surface area contributed by atoms with Gasteiger partial charge in [0.15, 0.2) is 0 Å². The van der Waals surface area contributed by atoms with E-state index in [1.54, 1.807) is 29.1 Å². The maximum atomic E-state index is 13.1. The van der Waals surface area contributed by atoms with Crippen molar-refractivity contribution in [2.24, 2.45) is 7.05 Å². The summed E-state index contributed by atoms with van der Waals surface area (Å²) in [4.78, 5) is 30.0. The van der Waals surface area contributed by atoms with Crippen LogP contribution in [0.3, 0.4) is 0 Å². The molecule has 0 saturated heterocycles. The molecule has 154 valence electrons. The molecule has 3 aromatic heterocycles. The van der Waals surface area contributed by atoms with Crippen LogP contribution in [0, 0.1) is 0 Å². The molecule has 0 atom stereocenters. The van der Waals surface area contributed by atoms with Crippen molar-refractivity contribution in [2.45, 2.75) is 13.0 Å². The summed E-state index contributed by atoms with van der Waals surface area (Å²) >= 11 is 2.16. The first kappa shape index (κ1) is 20.7. The number of nitrogens with zero attached hydrogens (tertiary/aromatic N) is 4. The summed E-state index contributed by atoms with van der Waals surface area (Å²) < 4.78 is 10.4. The first-order valence-electron chi connectivity index (χ1n) is 9.18. The van der Waals surface area contributed by atoms with Crippen LogP contribution in [0.4, 0.5) is 0 Å². The standard InChI is InChI=1S/C21H19IN4O3S/c1-4-5-7-25-11-16(14-6-8-26(30-22)19(14)20(25)27)15-9-13(21(28)29-3)10-17-18(15)23-12-24(17)2/h4,6,8-12H,1,5,7H2,2-3H3. The number of allylic oxidation sites excluding steroid dienone is 1. The maximum Gasteiger partial charge on any atom is 0.337 e. The second kappa shape index (κ2) is 8.31. The molecule has 7 nitrogen and oxygen atoms in total. The van der Waals surface area contributed by atoms with Crippen molar-refractivity contribution in [3.8, 4) is 11.1 Å². The van der Waals surface area contributed by atoms with Crippen molar-refractivity contribution >= 4 is 58.2 Å². The number of aryl methyl sites for hydroxylation is 2. The van der Waals surface area contributed by atoms with E-state index in [9.17, 15) is 9.59 Å². The Kier molecular flexibility index (Phi) is 5.74. The summed E-state index contributed by atoms with van der Waals surface area (Å²) in [6.07, 6.45) is 7.90. The van der Waals surface area contributed by atoms with Crippen molar-refractivity contribution in [1.82, 2.24) is 18.1 Å². The lowest BCUT2D eigenvalue weighted by molar-refractivity contribution is 0.0601. The van der Waals surface area contributed by atoms with Gasteiger partial charge in [-0.15, -0.1) is 6.58 Å². The molecule has 0 aliphatic heterocycles. The van der Waals surface area contributed by atoms with E-state index in [2.05, 4.69) is 32.8 Å². The predicted molar refractivity (Wildman–Crippen MR) is 129 cm³/mol. The van der Waals surface area contributed by atoms with Gasteiger partial charge in [-0.1, -0.05) is 6.08 Å². The van der Waals surface area contributed by atoms with Gasteiger partial charge in [0, 0.05) is 72.8 Å². The number of hydrogen-bond donors (Lipinski definition) is 0. The molecular weight excluding hydrogens is 515 g/mol. The normalized spacial score (nSPS) is 11.3. The molecule has 0 aliphatic rings. The van der Waals surface area contributed by atoms with Crippen LogP contribution in [0.5, 0.6) is 0 Å². The first-order valence-corrected chi connectivity index (χ1v) is 12.5. The van der Waals surface area contributed by atoms with E-state index in [0.717, 1.165) is 27.5 Å². The van der Waals surface area contributed by atoms with Crippen LogP contribution in [0.2, 0.25) is 0 Å². The van der Waals surface area contributed by atoms with E-state index in [1.165, 1.54) is 16.2 Å². The first-order chi connectivity index (χ1) is 14.5. The molecule has 0 unspecified atom stereocenters. The maximum absolute atomic E-state index is 13.1. The number of carbonyl (C=O) groups excluding carboxylic acids is 1. The van der Waals surface area contributed by atoms with Crippen molar-refractivity contribution < 1.29 is 9.53 Å². The Morgan fingerprint density at radius 2 is 2.17 bits per heavy atom. The molecule has 0 saturated carbocycles. The summed E-state index contributed by atoms with van der Waals surface area (Å²) in [5.41, 5.74) is 4.16. The zero-order valence-electron chi connectivity index (χ0n) is 16.5. The number of benzene rings is 1. The number of fused-ring (bicyclic) bond motifs is 2. The highest BCUT2D eigenvalue weighted by Crippen LogP contribution is 2.35. The lowest BCUT2D eigenvalue weighted by Gasteiger charge is -2.13. The Hall–Kier alpha value is -2.53. The molecule has 0 N–H and O–H groups in total. The van der Waals surface area contributed by atoms with Gasteiger partial charge in [-0.25, -0.2) is 9.78 Å². The Balaban J connectivity index is 2.11. The second-order valence-electron chi connectivity index (χ2n) is 6.83. The molecule has 0 fully saturated rings. The molecule has 30 heavy (non-hydrogen) atoms. The van der Waals surface area contributed by atoms with Crippen LogP contribution in [-0.4, -0.2) is 31.2 Å². The van der Waals surface area contributed by atoms with Gasteiger partial charge < -0.3 is 13.9 Å². The van der Waals surface area contributed by atoms with Crippen LogP contribution < -0.4 is 5.56 Å². The van der Waals surface area contributed by atoms with E-state index in [-0.39, 0.29) is 5.56 Å². The van der Waals surface area contributed by atoms with Gasteiger partial charge in [0.05, 0.1) is 30.0 Å². The fraction of sp³-hybridized carbons (Fsp3) is 0.190. The molecule has 9 heteroatoms. The summed E-state index contributed by atoms with van der Waals surface area (Å²) in [5.74, 6) is -0.420. The van der Waals surface area contributed by atoms with Gasteiger partial charge in [-0.05, 0) is 24.6 Å². The number of esters is 1. The number of imidazole rings is 1. The van der Waals surface area contributed by atoms with Crippen molar-refractivity contribution in [1.29, 1.82) is 0 Å². The smallest absolute Gasteiger partial charge is 0.337 e. The van der Waals surface area contributed by atoms with E-state index >= 15 is 0 Å². The van der Waals surface area contributed by atoms with Gasteiger partial charge in [0.25, 0.3) is 5.56 Å². The predicted octanol–water partition coefficient (Wildman–Crippen LogP) is 4.57. The highest BCUT2D eigenvalue weighted by molar-refractivity contribution is 14.2. The zero-order valence-corrected chi connectivity index (χ0v) is 19.4. The van der Waals surface area contributed by atoms with Gasteiger partial charge in [0.1, 0.15) is 5.52 Å². The Morgan fingerprint density at radius 1 is 1.37 bits per heavy atom. The Labute approximate surface area is 189 Å². The molecule has 4 rings (SSSR count). The number of rotatable bonds is 6. The third kappa shape index (κ3) is 3.35. The Bertz CT molecular complexity index is 1350. The van der Waals surface area contributed by atoms with Crippen LogP contribution >= 0.6 is 30.3 Å². The van der Waals surface area contributed by atoms with E-state index < -0.39 is 5.97 Å². The molecule has 3 heterocycles. The number of hydrogen-bond acceptors (Lipinski definition) is 5. The molecule has 0 radical (unpaired) electrons. The zero-order chi connectivity index (χ0) is 21.4. The van der Waals surface area contributed by atoms with Crippen LogP contribution in [0.15, 0.2) is 54.4 Å². The number of carbonyl (C=O) groups is 1. The quantitative estimate of drug-likeness (QED) is 0.206. The second-order valence-corrected chi connectivity index (χ2v) is 8.54. The lowest BCUT2D eigenvalue weighted by atomic mass is 9.99. The summed E-state index contributed by atoms with van der Waals surface area (Å²) in [5, 5.41) is 0.813. The van der Waals surface area contributed by atoms with Gasteiger partial charge >= 0.3 is 5.97 Å². The lowest BCUT2D eigenvalue weighted by Crippen LogP contribution is -2.21. The topological polar surface area (TPSA) is 71.1 Å². The number of halogens is 1. The van der Waals surface area contributed by atoms with Gasteiger partial charge in [-0.2, -0.15) is 0 Å². The molecule has 1 aromatic carbocycles. The SMILES string of the molecule is C=CCCn1cc(-c2cc(C(=O)OC)cc3c2ncn3C)c2ccn(SI)c2c1=O. The monoisotopic (exact) mass is 534 g/mol. The fourth-order valence-corrected chi connectivity index (χ4v) is 4.94. The van der Waals surface area contributed by atoms with E-state index in [0.29, 0.717) is 24.0 Å². The van der Waals surface area contributed by atoms with Crippen molar-refractivity contribution in [3.05, 3.63) is 65.5 Å². The van der Waals surface area contributed by atoms with Crippen LogP contribution in [0.1, 0.15) is 16.8 Å². The summed E-state index contributed by atoms with van der Waals surface area (Å²) in [6.45, 7) is 4.28. The third-order valence-electron chi connectivity index (χ3n) is 5.08. The highest BCUT2D eigenvalue weighted by Gasteiger charge is 2.20. The summed E-state index contributed by atoms with van der Waals surface area (Å²) in [6, 6.07) is 5.48. The number of aromatic nitrogens is 4. The molecular formula is C21H19IN4O3S.